The van der Waals surface area contributed by atoms with Crippen LogP contribution in [0.25, 0.3) is 17.4 Å². The minimum atomic E-state index is -0.453. The fourth-order valence-corrected chi connectivity index (χ4v) is 16.0. The maximum absolute atomic E-state index is 12.1. The molecule has 0 unspecified atom stereocenters. The molecular formula is C99H141ClN28O11. The standard InChI is InChI=1S/C25H34N8O3.C23H29N9O3.C20H29ClN6O.C16H27N3O.C15H22N2O3/c1-3-15-35-20-6-4-19(5-7-20)33-13-11-32(12-14-33)10-9-31(2)23-17-22(29-25(26)30-23)28-18-21(34)24-27-8-16-36-24;1-29(19-16-20-26-21(22-25-6-14-35-22)28-32(20)23(24)27-19)7-8-30-9-11-31(12-10-30)17-2-4-18(5-3-17)34-15-13-33;1-3-14-28-17-6-4-16(5-7-17)27-12-10-26(11-13-27)9-8-25(2)19-15-18(21)23-20(22)24-19;1-3-14-20-16-6-4-15(5-7-16)19-12-10-18(11-13-19)9-8-17-2;1-15(2,3)20-14(19)17-10-8-16(9-11-17)12-4-6-13(18)7-5-12/h4-8,16-17H,3,9-15,18H2,1-2H3,(H3,26,28,29,30);2-6,14,16,33H,7-13,15H2,1H3,(H2,24,27);4-7,15H,3,8-14H2,1-2H3,(H2,22,23,24);4-7,17H,3,8-14H2,1-2H3;4-7,18H,8-11H2,1-3H3. The molecule has 139 heavy (non-hydrogen) atoms. The van der Waals surface area contributed by atoms with E-state index in [1.807, 2.05) is 96.3 Å². The summed E-state index contributed by atoms with van der Waals surface area (Å²) in [6, 6.07) is 45.9. The third-order valence-electron chi connectivity index (χ3n) is 23.8. The predicted octanol–water partition coefficient (Wildman–Crippen LogP) is 10.4. The van der Waals surface area contributed by atoms with Gasteiger partial charge in [-0.15, -0.1) is 5.10 Å². The van der Waals surface area contributed by atoms with Crippen LogP contribution in [-0.4, -0.2) is 353 Å². The van der Waals surface area contributed by atoms with Gasteiger partial charge in [-0.3, -0.25) is 24.4 Å². The van der Waals surface area contributed by atoms with Crippen molar-refractivity contribution in [1.82, 2.24) is 79.3 Å². The van der Waals surface area contributed by atoms with Gasteiger partial charge in [0, 0.05) is 251 Å². The molecule has 11 heterocycles. The molecule has 16 rings (SSSR count). The number of carbonyl (C=O) groups excluding carboxylic acids is 2. The summed E-state index contributed by atoms with van der Waals surface area (Å²) in [5, 5.41) is 29.1. The molecule has 6 aromatic heterocycles. The van der Waals surface area contributed by atoms with Crippen molar-refractivity contribution in [1.29, 1.82) is 0 Å². The zero-order chi connectivity index (χ0) is 98.4. The molecule has 0 bridgehead atoms. The van der Waals surface area contributed by atoms with Gasteiger partial charge in [0.1, 0.15) is 81.9 Å². The summed E-state index contributed by atoms with van der Waals surface area (Å²) in [5.74, 6) is 7.64. The smallest absolute Gasteiger partial charge is 0.410 e. The van der Waals surface area contributed by atoms with Crippen molar-refractivity contribution in [2.75, 3.05) is 313 Å². The van der Waals surface area contributed by atoms with Crippen LogP contribution in [0.15, 0.2) is 173 Å². The summed E-state index contributed by atoms with van der Waals surface area (Å²) >= 11 is 5.97. The normalized spacial score (nSPS) is 15.0. The van der Waals surface area contributed by atoms with Gasteiger partial charge in [-0.2, -0.15) is 24.5 Å². The number of halogens is 1. The van der Waals surface area contributed by atoms with Crippen LogP contribution in [0.1, 0.15) is 71.5 Å². The number of benzene rings is 5. The van der Waals surface area contributed by atoms with Crippen LogP contribution in [0.3, 0.4) is 0 Å². The van der Waals surface area contributed by atoms with Crippen molar-refractivity contribution in [2.24, 2.45) is 0 Å². The van der Waals surface area contributed by atoms with Crippen LogP contribution in [0, 0.1) is 0 Å². The zero-order valence-corrected chi connectivity index (χ0v) is 83.0. The second-order valence-electron chi connectivity index (χ2n) is 35.3. The highest BCUT2D eigenvalue weighted by atomic mass is 35.5. The number of nitrogens with two attached hydrogens (primary N) is 3. The molecule has 5 saturated heterocycles. The lowest BCUT2D eigenvalue weighted by Gasteiger charge is -2.36. The van der Waals surface area contributed by atoms with E-state index in [4.69, 9.17) is 66.4 Å². The fourth-order valence-electron chi connectivity index (χ4n) is 15.9. The number of hydrogen-bond acceptors (Lipinski definition) is 37. The lowest BCUT2D eigenvalue weighted by molar-refractivity contribution is 0.0240. The van der Waals surface area contributed by atoms with Crippen molar-refractivity contribution in [3.8, 4) is 40.5 Å². The first kappa shape index (κ1) is 105. The molecule has 11 aromatic rings. The Balaban J connectivity index is 0.000000159. The first-order valence-corrected chi connectivity index (χ1v) is 48.5. The molecule has 1 amide bonds. The van der Waals surface area contributed by atoms with Gasteiger partial charge in [0.25, 0.3) is 11.8 Å². The van der Waals surface area contributed by atoms with Gasteiger partial charge in [-0.1, -0.05) is 32.4 Å². The van der Waals surface area contributed by atoms with Crippen LogP contribution in [0.4, 0.5) is 74.3 Å². The predicted molar refractivity (Wildman–Crippen MR) is 550 cm³/mol. The van der Waals surface area contributed by atoms with E-state index < -0.39 is 5.60 Å². The second kappa shape index (κ2) is 53.7. The van der Waals surface area contributed by atoms with Crippen LogP contribution < -0.4 is 86.0 Å². The Bertz CT molecular complexity index is 5380. The number of phenols is 1. The number of rotatable bonds is 37. The van der Waals surface area contributed by atoms with Gasteiger partial charge in [0.05, 0.1) is 45.4 Å². The number of nitrogen functional groups attached to an aromatic ring is 3. The Morgan fingerprint density at radius 2 is 0.863 bits per heavy atom. The molecule has 5 aliphatic rings. The number of piperazine rings is 5. The van der Waals surface area contributed by atoms with Gasteiger partial charge < -0.3 is 115 Å². The number of aliphatic hydroxyl groups is 1. The molecule has 750 valence electrons. The van der Waals surface area contributed by atoms with E-state index in [-0.39, 0.29) is 54.5 Å². The first-order valence-electron chi connectivity index (χ1n) is 48.1. The number of aromatic hydroxyl groups is 1. The number of aromatic nitrogens is 10. The number of ketones is 1. The first-order chi connectivity index (χ1) is 67.3. The maximum atomic E-state index is 12.1. The van der Waals surface area contributed by atoms with E-state index in [1.54, 1.807) is 35.4 Å². The molecule has 5 aliphatic heterocycles. The highest BCUT2D eigenvalue weighted by molar-refractivity contribution is 6.29. The van der Waals surface area contributed by atoms with E-state index >= 15 is 0 Å². The average Bonchev–Trinajstić information content (AvgIpc) is 1.76. The van der Waals surface area contributed by atoms with E-state index in [0.717, 1.165) is 250 Å². The van der Waals surface area contributed by atoms with Crippen LogP contribution in [0.2, 0.25) is 5.15 Å². The average molecular weight is 1930 g/mol. The minimum Gasteiger partial charge on any atom is -0.508 e. The number of amides is 1. The topological polar surface area (TPSA) is 412 Å². The Morgan fingerprint density at radius 1 is 0.475 bits per heavy atom. The van der Waals surface area contributed by atoms with Gasteiger partial charge in [0.2, 0.25) is 29.5 Å². The summed E-state index contributed by atoms with van der Waals surface area (Å²) in [6.45, 7) is 41.3. The molecule has 0 spiro atoms. The number of oxazole rings is 2. The summed E-state index contributed by atoms with van der Waals surface area (Å²) < 4.78 is 39.6. The molecule has 5 aromatic carbocycles. The van der Waals surface area contributed by atoms with Gasteiger partial charge in [-0.25, -0.2) is 24.7 Å². The van der Waals surface area contributed by atoms with E-state index in [2.05, 4.69) is 203 Å². The van der Waals surface area contributed by atoms with Crippen molar-refractivity contribution >= 4 is 98.7 Å². The van der Waals surface area contributed by atoms with Crippen LogP contribution in [0.5, 0.6) is 28.7 Å². The molecule has 0 atom stereocenters. The molecular weight excluding hydrogens is 1790 g/mol. The summed E-state index contributed by atoms with van der Waals surface area (Å²) in [6.07, 6.45) is 8.66. The third-order valence-corrected chi connectivity index (χ3v) is 24.0. The van der Waals surface area contributed by atoms with Crippen molar-refractivity contribution in [3.63, 3.8) is 0 Å². The molecule has 39 nitrogen and oxygen atoms in total. The lowest BCUT2D eigenvalue weighted by Crippen LogP contribution is -2.50. The van der Waals surface area contributed by atoms with Crippen molar-refractivity contribution in [3.05, 3.63) is 175 Å². The zero-order valence-electron chi connectivity index (χ0n) is 82.2. The third kappa shape index (κ3) is 33.3. The highest BCUT2D eigenvalue weighted by Crippen LogP contribution is 2.30. The van der Waals surface area contributed by atoms with Crippen LogP contribution in [-0.2, 0) is 4.74 Å². The van der Waals surface area contributed by atoms with Crippen LogP contribution >= 0.6 is 11.6 Å². The fraction of sp³-hybridized carbons (Fsp3) is 0.485. The summed E-state index contributed by atoms with van der Waals surface area (Å²) in [7, 11) is 7.98. The number of likely N-dealkylation sites (N-methyl/N-ethyl adjacent to an activating group) is 4. The Labute approximate surface area is 821 Å². The summed E-state index contributed by atoms with van der Waals surface area (Å²) in [4.78, 5) is 87.3. The number of aliphatic hydroxyl groups excluding tert-OH is 1. The molecule has 0 radical (unpaired) electrons. The maximum Gasteiger partial charge on any atom is 0.410 e. The lowest BCUT2D eigenvalue weighted by atomic mass is 10.2. The van der Waals surface area contributed by atoms with Gasteiger partial charge in [-0.05, 0) is 168 Å². The van der Waals surface area contributed by atoms with E-state index in [1.165, 1.54) is 46.0 Å². The van der Waals surface area contributed by atoms with E-state index in [0.29, 0.717) is 53.8 Å². The second-order valence-corrected chi connectivity index (χ2v) is 35.6. The molecule has 5 fully saturated rings. The number of phenolic OH excluding ortho intramolecular Hbond substituents is 1. The number of nitrogens with zero attached hydrogens (tertiary/aromatic N) is 23. The monoisotopic (exact) mass is 1930 g/mol. The molecule has 0 saturated carbocycles. The Morgan fingerprint density at radius 3 is 1.25 bits per heavy atom. The van der Waals surface area contributed by atoms with Crippen molar-refractivity contribution < 1.29 is 52.3 Å². The number of ether oxygens (including phenoxy) is 5. The number of fused-ring (bicyclic) bond motifs is 1. The minimum absolute atomic E-state index is 0.00110. The Kier molecular flexibility index (Phi) is 40.4. The largest absolute Gasteiger partial charge is 0.508 e. The van der Waals surface area contributed by atoms with Gasteiger partial charge >= 0.3 is 6.09 Å². The Hall–Kier alpha value is -13.2. The number of hydrogen-bond donors (Lipinski definition) is 7. The molecule has 40 heteroatoms. The number of anilines is 12. The highest BCUT2D eigenvalue weighted by Gasteiger charge is 2.29. The SMILES string of the molecule is CC(C)(C)OC(=O)N1CCN(c2ccc(O)cc2)CC1.CCCOc1ccc(N2CCN(CCN(C)c3cc(Cl)nc(N)n3)CC2)cc1.CCCOc1ccc(N2CCN(CCN(C)c3cc(NCC(=O)c4ncco4)nc(N)n3)CC2)cc1.CCCOc1ccc(N2CCN(CCNC)CC2)cc1.CN(CCN1CCN(c2ccc(OCCO)cc2)CC1)c1cc2nc(-c3ncco3)nn2c(N)n1. The molecule has 0 aliphatic carbocycles. The van der Waals surface area contributed by atoms with E-state index in [9.17, 15) is 14.7 Å². The number of carbonyl (C=O) groups is 2. The molecule has 10 N–H and O–H groups in total. The number of Topliss-reactive ketones (excluding diaryl/α,β-unsaturated/α-hetero) is 1. The quantitative estimate of drug-likeness (QED) is 0.0140. The number of nitrogens with one attached hydrogen (secondary N) is 2. The summed E-state index contributed by atoms with van der Waals surface area (Å²) in [5.41, 5.74) is 23.9. The van der Waals surface area contributed by atoms with Crippen molar-refractivity contribution in [2.45, 2.75) is 66.4 Å². The van der Waals surface area contributed by atoms with Gasteiger partial charge in [0.15, 0.2) is 5.65 Å².